The lowest BCUT2D eigenvalue weighted by Crippen LogP contribution is -2.33. The van der Waals surface area contributed by atoms with Crippen LogP contribution in [0.5, 0.6) is 0 Å². The van der Waals surface area contributed by atoms with Crippen LogP contribution in [-0.2, 0) is 13.0 Å². The van der Waals surface area contributed by atoms with Crippen molar-refractivity contribution >= 4 is 0 Å². The molecule has 1 N–H and O–H groups in total. The van der Waals surface area contributed by atoms with Crippen molar-refractivity contribution < 1.29 is 9.50 Å². The molecule has 0 radical (unpaired) electrons. The van der Waals surface area contributed by atoms with Gasteiger partial charge in [0.15, 0.2) is 0 Å². The van der Waals surface area contributed by atoms with Crippen LogP contribution in [0.15, 0.2) is 54.6 Å². The lowest BCUT2D eigenvalue weighted by molar-refractivity contribution is 0.108. The van der Waals surface area contributed by atoms with Crippen LogP contribution in [0.2, 0.25) is 0 Å². The molecule has 0 amide bonds. The first-order valence-corrected chi connectivity index (χ1v) is 7.86. The molecule has 0 aromatic heterocycles. The maximum atomic E-state index is 13.0. The molecule has 2 aromatic carbocycles. The van der Waals surface area contributed by atoms with E-state index in [-0.39, 0.29) is 5.82 Å². The Morgan fingerprint density at radius 2 is 1.68 bits per heavy atom. The summed E-state index contributed by atoms with van der Waals surface area (Å²) in [6.07, 6.45) is 1.29. The van der Waals surface area contributed by atoms with Crippen LogP contribution in [0.25, 0.3) is 0 Å². The van der Waals surface area contributed by atoms with E-state index >= 15 is 0 Å². The molecule has 0 bridgehead atoms. The third-order valence-corrected chi connectivity index (χ3v) is 3.64. The van der Waals surface area contributed by atoms with Crippen molar-refractivity contribution in [3.63, 3.8) is 0 Å². The number of aliphatic hydroxyl groups is 1. The Hall–Kier alpha value is -1.71. The summed E-state index contributed by atoms with van der Waals surface area (Å²) in [7, 11) is 0. The zero-order valence-electron chi connectivity index (χ0n) is 13.1. The van der Waals surface area contributed by atoms with E-state index in [1.807, 2.05) is 42.5 Å². The highest BCUT2D eigenvalue weighted by molar-refractivity contribution is 5.17. The fourth-order valence-corrected chi connectivity index (χ4v) is 2.65. The second kappa shape index (κ2) is 8.66. The predicted octanol–water partition coefficient (Wildman–Crippen LogP) is 3.64. The standard InChI is InChI=1S/C19H24FNO/c1-2-12-21(14-17-8-10-18(20)11-9-17)15-19(22)13-16-6-4-3-5-7-16/h3-11,19,22H,2,12-15H2,1H3/t19-/m0/s1. The molecule has 0 aliphatic rings. The van der Waals surface area contributed by atoms with Crippen molar-refractivity contribution in [2.45, 2.75) is 32.4 Å². The van der Waals surface area contributed by atoms with Gasteiger partial charge in [-0.05, 0) is 42.6 Å². The minimum absolute atomic E-state index is 0.213. The zero-order chi connectivity index (χ0) is 15.8. The number of hydrogen-bond donors (Lipinski definition) is 1. The third-order valence-electron chi connectivity index (χ3n) is 3.64. The number of halogens is 1. The second-order valence-electron chi connectivity index (χ2n) is 5.71. The molecule has 0 spiro atoms. The van der Waals surface area contributed by atoms with Gasteiger partial charge in [-0.1, -0.05) is 49.4 Å². The van der Waals surface area contributed by atoms with E-state index in [4.69, 9.17) is 0 Å². The average molecular weight is 301 g/mol. The van der Waals surface area contributed by atoms with E-state index < -0.39 is 6.10 Å². The Morgan fingerprint density at radius 3 is 2.32 bits per heavy atom. The van der Waals surface area contributed by atoms with Crippen molar-refractivity contribution in [3.05, 3.63) is 71.5 Å². The van der Waals surface area contributed by atoms with E-state index in [0.29, 0.717) is 13.0 Å². The van der Waals surface area contributed by atoms with Crippen LogP contribution in [0.4, 0.5) is 4.39 Å². The minimum atomic E-state index is -0.394. The number of benzene rings is 2. The molecule has 2 rings (SSSR count). The molecule has 0 unspecified atom stereocenters. The van der Waals surface area contributed by atoms with Crippen LogP contribution in [0.3, 0.4) is 0 Å². The van der Waals surface area contributed by atoms with E-state index in [0.717, 1.165) is 30.6 Å². The number of aliphatic hydroxyl groups excluding tert-OH is 1. The van der Waals surface area contributed by atoms with Gasteiger partial charge in [0.25, 0.3) is 0 Å². The Labute approximate surface area is 132 Å². The van der Waals surface area contributed by atoms with Crippen molar-refractivity contribution in [1.29, 1.82) is 0 Å². The fourth-order valence-electron chi connectivity index (χ4n) is 2.65. The lowest BCUT2D eigenvalue weighted by Gasteiger charge is -2.25. The molecule has 2 aromatic rings. The highest BCUT2D eigenvalue weighted by atomic mass is 19.1. The molecule has 0 aliphatic carbocycles. The second-order valence-corrected chi connectivity index (χ2v) is 5.71. The molecule has 2 nitrogen and oxygen atoms in total. The van der Waals surface area contributed by atoms with Crippen molar-refractivity contribution in [1.82, 2.24) is 4.90 Å². The fraction of sp³-hybridized carbons (Fsp3) is 0.368. The monoisotopic (exact) mass is 301 g/mol. The molecule has 118 valence electrons. The third kappa shape index (κ3) is 5.58. The number of hydrogen-bond acceptors (Lipinski definition) is 2. The van der Waals surface area contributed by atoms with Crippen molar-refractivity contribution in [3.8, 4) is 0 Å². The van der Waals surface area contributed by atoms with Gasteiger partial charge >= 0.3 is 0 Å². The molecule has 0 heterocycles. The molecule has 0 saturated heterocycles. The molecular formula is C19H24FNO. The van der Waals surface area contributed by atoms with E-state index in [1.165, 1.54) is 12.1 Å². The van der Waals surface area contributed by atoms with Crippen LogP contribution in [0.1, 0.15) is 24.5 Å². The summed E-state index contributed by atoms with van der Waals surface area (Å²) >= 11 is 0. The van der Waals surface area contributed by atoms with E-state index in [2.05, 4.69) is 11.8 Å². The maximum absolute atomic E-state index is 13.0. The van der Waals surface area contributed by atoms with Gasteiger partial charge in [0.2, 0.25) is 0 Å². The van der Waals surface area contributed by atoms with Gasteiger partial charge in [-0.2, -0.15) is 0 Å². The SMILES string of the molecule is CCCN(Cc1ccc(F)cc1)C[C@@H](O)Cc1ccccc1. The first-order chi connectivity index (χ1) is 10.7. The summed E-state index contributed by atoms with van der Waals surface area (Å²) in [4.78, 5) is 2.22. The smallest absolute Gasteiger partial charge is 0.123 e. The van der Waals surface area contributed by atoms with Crippen molar-refractivity contribution in [2.75, 3.05) is 13.1 Å². The quantitative estimate of drug-likeness (QED) is 0.804. The first kappa shape index (κ1) is 16.7. The summed E-state index contributed by atoms with van der Waals surface area (Å²) in [5.74, 6) is -0.213. The molecular weight excluding hydrogens is 277 g/mol. The molecule has 1 atom stereocenters. The van der Waals surface area contributed by atoms with Gasteiger partial charge in [0.1, 0.15) is 5.82 Å². The van der Waals surface area contributed by atoms with Crippen LogP contribution in [-0.4, -0.2) is 29.2 Å². The van der Waals surface area contributed by atoms with Gasteiger partial charge in [0, 0.05) is 13.1 Å². The van der Waals surface area contributed by atoms with Crippen LogP contribution < -0.4 is 0 Å². The summed E-state index contributed by atoms with van der Waals surface area (Å²) in [6, 6.07) is 16.6. The van der Waals surface area contributed by atoms with Gasteiger partial charge in [-0.25, -0.2) is 4.39 Å². The molecule has 0 aliphatic heterocycles. The van der Waals surface area contributed by atoms with Gasteiger partial charge in [-0.15, -0.1) is 0 Å². The lowest BCUT2D eigenvalue weighted by atomic mass is 10.1. The zero-order valence-corrected chi connectivity index (χ0v) is 13.1. The van der Waals surface area contributed by atoms with Gasteiger partial charge in [0.05, 0.1) is 6.10 Å². The highest BCUT2D eigenvalue weighted by Gasteiger charge is 2.12. The average Bonchev–Trinajstić information content (AvgIpc) is 2.50. The first-order valence-electron chi connectivity index (χ1n) is 7.86. The van der Waals surface area contributed by atoms with Gasteiger partial charge in [-0.3, -0.25) is 4.90 Å². The van der Waals surface area contributed by atoms with E-state index in [9.17, 15) is 9.50 Å². The molecule has 3 heteroatoms. The Bertz CT molecular complexity index is 541. The largest absolute Gasteiger partial charge is 0.391 e. The summed E-state index contributed by atoms with van der Waals surface area (Å²) < 4.78 is 13.0. The number of rotatable bonds is 8. The topological polar surface area (TPSA) is 23.5 Å². The predicted molar refractivity (Wildman–Crippen MR) is 88.1 cm³/mol. The Kier molecular flexibility index (Phi) is 6.56. The molecule has 22 heavy (non-hydrogen) atoms. The number of nitrogens with zero attached hydrogens (tertiary/aromatic N) is 1. The van der Waals surface area contributed by atoms with Crippen molar-refractivity contribution in [2.24, 2.45) is 0 Å². The molecule has 0 fully saturated rings. The summed E-state index contributed by atoms with van der Waals surface area (Å²) in [6.45, 7) is 4.41. The minimum Gasteiger partial charge on any atom is -0.391 e. The van der Waals surface area contributed by atoms with Gasteiger partial charge < -0.3 is 5.11 Å². The highest BCUT2D eigenvalue weighted by Crippen LogP contribution is 2.10. The summed E-state index contributed by atoms with van der Waals surface area (Å²) in [5, 5.41) is 10.3. The van der Waals surface area contributed by atoms with Crippen LogP contribution in [0, 0.1) is 5.82 Å². The normalized spacial score (nSPS) is 12.5. The Morgan fingerprint density at radius 1 is 1.00 bits per heavy atom. The Balaban J connectivity index is 1.91. The molecule has 0 saturated carbocycles. The summed E-state index contributed by atoms with van der Waals surface area (Å²) in [5.41, 5.74) is 2.22. The van der Waals surface area contributed by atoms with Crippen LogP contribution >= 0.6 is 0 Å². The van der Waals surface area contributed by atoms with E-state index in [1.54, 1.807) is 0 Å². The maximum Gasteiger partial charge on any atom is 0.123 e.